The van der Waals surface area contributed by atoms with Crippen LogP contribution >= 0.6 is 0 Å². The van der Waals surface area contributed by atoms with Crippen molar-refractivity contribution in [1.29, 1.82) is 0 Å². The minimum absolute atomic E-state index is 0.231. The Hall–Kier alpha value is -1.18. The molecule has 2 nitrogen and oxygen atoms in total. The van der Waals surface area contributed by atoms with Crippen molar-refractivity contribution < 1.29 is 9.84 Å². The molecule has 1 N–H and O–H groups in total. The van der Waals surface area contributed by atoms with Crippen LogP contribution in [0.3, 0.4) is 0 Å². The number of methoxy groups -OCH3 is 1. The lowest BCUT2D eigenvalue weighted by molar-refractivity contribution is 0.407. The molecule has 88 valence electrons. The molecule has 0 aliphatic rings. The Bertz CT molecular complexity index is 229. The van der Waals surface area contributed by atoms with Gasteiger partial charge in [-0.25, -0.2) is 0 Å². The summed E-state index contributed by atoms with van der Waals surface area (Å²) in [4.78, 5) is 0. The van der Waals surface area contributed by atoms with Gasteiger partial charge in [0, 0.05) is 6.07 Å². The van der Waals surface area contributed by atoms with Crippen molar-refractivity contribution in [1.82, 2.24) is 0 Å². The zero-order valence-electron chi connectivity index (χ0n) is 10.7. The van der Waals surface area contributed by atoms with E-state index in [2.05, 4.69) is 20.8 Å². The molecule has 0 aromatic heterocycles. The fraction of sp³-hybridized carbons (Fsp3) is 0.538. The van der Waals surface area contributed by atoms with Gasteiger partial charge in [-0.2, -0.15) is 0 Å². The van der Waals surface area contributed by atoms with Gasteiger partial charge in [0.1, 0.15) is 11.5 Å². The maximum Gasteiger partial charge on any atom is 0.122 e. The summed E-state index contributed by atoms with van der Waals surface area (Å²) in [6.45, 7) is 10.5. The van der Waals surface area contributed by atoms with Crippen LogP contribution in [0, 0.1) is 5.92 Å². The van der Waals surface area contributed by atoms with Gasteiger partial charge in [-0.15, -0.1) is 0 Å². The minimum Gasteiger partial charge on any atom is -0.508 e. The first-order valence-electron chi connectivity index (χ1n) is 5.39. The molecule has 0 aliphatic heterocycles. The van der Waals surface area contributed by atoms with E-state index in [9.17, 15) is 0 Å². The minimum atomic E-state index is 0.231. The Kier molecular flexibility index (Phi) is 11.8. The Labute approximate surface area is 93.9 Å². The molecule has 1 rings (SSSR count). The molecule has 0 atom stereocenters. The van der Waals surface area contributed by atoms with Crippen molar-refractivity contribution in [3.8, 4) is 11.5 Å². The van der Waals surface area contributed by atoms with Gasteiger partial charge in [0.05, 0.1) is 7.11 Å². The van der Waals surface area contributed by atoms with E-state index in [0.29, 0.717) is 5.75 Å². The summed E-state index contributed by atoms with van der Waals surface area (Å²) in [6.07, 6.45) is 0. The topological polar surface area (TPSA) is 29.5 Å². The third-order valence-corrected chi connectivity index (χ3v) is 1.05. The molecular formula is C13H24O2. The molecule has 15 heavy (non-hydrogen) atoms. The van der Waals surface area contributed by atoms with Gasteiger partial charge in [0.25, 0.3) is 0 Å². The molecule has 0 saturated heterocycles. The number of phenolic OH excluding ortho intramolecular Hbond substituents is 1. The smallest absolute Gasteiger partial charge is 0.122 e. The highest BCUT2D eigenvalue weighted by atomic mass is 16.5. The maximum atomic E-state index is 8.86. The lowest BCUT2D eigenvalue weighted by Gasteiger charge is -1.97. The predicted octanol–water partition coefficient (Wildman–Crippen LogP) is 4.09. The van der Waals surface area contributed by atoms with Gasteiger partial charge in [-0.3, -0.25) is 0 Å². The van der Waals surface area contributed by atoms with Gasteiger partial charge >= 0.3 is 0 Å². The number of phenols is 1. The van der Waals surface area contributed by atoms with Crippen LogP contribution in [0.25, 0.3) is 0 Å². The van der Waals surface area contributed by atoms with Gasteiger partial charge < -0.3 is 9.84 Å². The van der Waals surface area contributed by atoms with E-state index < -0.39 is 0 Å². The molecule has 2 heteroatoms. The Balaban J connectivity index is 0. The molecule has 0 fully saturated rings. The van der Waals surface area contributed by atoms with Crippen LogP contribution in [-0.2, 0) is 0 Å². The van der Waals surface area contributed by atoms with E-state index in [1.54, 1.807) is 31.4 Å². The van der Waals surface area contributed by atoms with Gasteiger partial charge in [-0.1, -0.05) is 40.7 Å². The molecule has 1 aromatic rings. The maximum absolute atomic E-state index is 8.86. The summed E-state index contributed by atoms with van der Waals surface area (Å²) < 4.78 is 4.84. The first-order valence-corrected chi connectivity index (χ1v) is 5.39. The number of aromatic hydroxyl groups is 1. The Morgan fingerprint density at radius 3 is 1.87 bits per heavy atom. The van der Waals surface area contributed by atoms with Crippen molar-refractivity contribution in [2.45, 2.75) is 34.6 Å². The van der Waals surface area contributed by atoms with Crippen molar-refractivity contribution in [3.63, 3.8) is 0 Å². The van der Waals surface area contributed by atoms with E-state index in [0.717, 1.165) is 5.92 Å². The number of hydrogen-bond acceptors (Lipinski definition) is 2. The second kappa shape index (κ2) is 10.9. The van der Waals surface area contributed by atoms with E-state index >= 15 is 0 Å². The van der Waals surface area contributed by atoms with Crippen molar-refractivity contribution in [2.24, 2.45) is 5.92 Å². The molecule has 0 aliphatic carbocycles. The van der Waals surface area contributed by atoms with Crippen LogP contribution in [0.2, 0.25) is 0 Å². The summed E-state index contributed by atoms with van der Waals surface area (Å²) in [7, 11) is 1.56. The molecule has 0 spiro atoms. The van der Waals surface area contributed by atoms with E-state index in [4.69, 9.17) is 9.84 Å². The van der Waals surface area contributed by atoms with Gasteiger partial charge in [0.15, 0.2) is 0 Å². The average Bonchev–Trinajstić information content (AvgIpc) is 2.20. The van der Waals surface area contributed by atoms with Gasteiger partial charge in [-0.05, 0) is 18.1 Å². The standard InChI is InChI=1S/C7H8O2.C4H10.C2H6/c1-9-7-4-2-3-6(8)5-7;1-4(2)3;1-2/h2-5,8H,1H3;4H,1-3H3;1-2H3. The van der Waals surface area contributed by atoms with Crippen LogP contribution in [0.15, 0.2) is 24.3 Å². The third kappa shape index (κ3) is 12.8. The zero-order chi connectivity index (χ0) is 12.3. The highest BCUT2D eigenvalue weighted by Gasteiger charge is 1.88. The number of ether oxygens (including phenoxy) is 1. The second-order valence-electron chi connectivity index (χ2n) is 3.43. The molecule has 0 heterocycles. The van der Waals surface area contributed by atoms with Gasteiger partial charge in [0.2, 0.25) is 0 Å². The monoisotopic (exact) mass is 212 g/mol. The van der Waals surface area contributed by atoms with Crippen LogP contribution in [0.4, 0.5) is 0 Å². The molecule has 0 amide bonds. The summed E-state index contributed by atoms with van der Waals surface area (Å²) in [5.41, 5.74) is 0. The highest BCUT2D eigenvalue weighted by molar-refractivity contribution is 5.31. The molecule has 1 aromatic carbocycles. The first kappa shape index (κ1) is 16.3. The van der Waals surface area contributed by atoms with E-state index in [1.165, 1.54) is 0 Å². The Morgan fingerprint density at radius 1 is 1.13 bits per heavy atom. The van der Waals surface area contributed by atoms with Crippen molar-refractivity contribution >= 4 is 0 Å². The number of rotatable bonds is 1. The van der Waals surface area contributed by atoms with Crippen LogP contribution in [0.5, 0.6) is 11.5 Å². The summed E-state index contributed by atoms with van der Waals surface area (Å²) in [6, 6.07) is 6.66. The van der Waals surface area contributed by atoms with E-state index in [1.807, 2.05) is 13.8 Å². The van der Waals surface area contributed by atoms with Crippen molar-refractivity contribution in [3.05, 3.63) is 24.3 Å². The molecule has 0 unspecified atom stereocenters. The lowest BCUT2D eigenvalue weighted by atomic mass is 10.3. The number of hydrogen-bond donors (Lipinski definition) is 1. The zero-order valence-corrected chi connectivity index (χ0v) is 10.7. The first-order chi connectivity index (χ1) is 7.06. The largest absolute Gasteiger partial charge is 0.508 e. The second-order valence-corrected chi connectivity index (χ2v) is 3.43. The van der Waals surface area contributed by atoms with Crippen LogP contribution in [0.1, 0.15) is 34.6 Å². The normalized spacial score (nSPS) is 8.20. The Morgan fingerprint density at radius 2 is 1.60 bits per heavy atom. The SMILES string of the molecule is CC.CC(C)C.COc1cccc(O)c1. The summed E-state index contributed by atoms with van der Waals surface area (Å²) >= 11 is 0. The molecular weight excluding hydrogens is 188 g/mol. The van der Waals surface area contributed by atoms with Crippen LogP contribution in [-0.4, -0.2) is 12.2 Å². The predicted molar refractivity (Wildman–Crippen MR) is 66.5 cm³/mol. The summed E-state index contributed by atoms with van der Waals surface area (Å²) in [5.74, 6) is 1.74. The average molecular weight is 212 g/mol. The quantitative estimate of drug-likeness (QED) is 0.759. The summed E-state index contributed by atoms with van der Waals surface area (Å²) in [5, 5.41) is 8.86. The third-order valence-electron chi connectivity index (χ3n) is 1.05. The fourth-order valence-electron chi connectivity index (χ4n) is 0.610. The fourth-order valence-corrected chi connectivity index (χ4v) is 0.610. The van der Waals surface area contributed by atoms with Crippen molar-refractivity contribution in [2.75, 3.05) is 7.11 Å². The van der Waals surface area contributed by atoms with Crippen LogP contribution < -0.4 is 4.74 Å². The lowest BCUT2D eigenvalue weighted by Crippen LogP contribution is -1.79. The van der Waals surface area contributed by atoms with E-state index in [-0.39, 0.29) is 5.75 Å². The molecule has 0 bridgehead atoms. The molecule has 0 saturated carbocycles. The highest BCUT2D eigenvalue weighted by Crippen LogP contribution is 2.16. The molecule has 0 radical (unpaired) electrons. The number of benzene rings is 1.